The van der Waals surface area contributed by atoms with Crippen LogP contribution < -0.4 is 0 Å². The molecular formula is C18H34N4O2. The molecule has 2 amide bonds. The maximum atomic E-state index is 12.6. The Morgan fingerprint density at radius 2 is 0.958 bits per heavy atom. The van der Waals surface area contributed by atoms with E-state index in [1.165, 1.54) is 10.0 Å². The Labute approximate surface area is 147 Å². The molecule has 0 bridgehead atoms. The lowest BCUT2D eigenvalue weighted by Crippen LogP contribution is -2.51. The van der Waals surface area contributed by atoms with Gasteiger partial charge in [0, 0.05) is 24.2 Å². The zero-order valence-electron chi connectivity index (χ0n) is 16.3. The second-order valence-corrected chi connectivity index (χ2v) is 6.73. The first-order valence-corrected chi connectivity index (χ1v) is 8.32. The first-order chi connectivity index (χ1) is 11.1. The Bertz CT molecular complexity index is 416. The number of nitrogens with zero attached hydrogens (tertiary/aromatic N) is 4. The van der Waals surface area contributed by atoms with Crippen LogP contribution in [0.5, 0.6) is 0 Å². The summed E-state index contributed by atoms with van der Waals surface area (Å²) < 4.78 is 0. The SMILES string of the molecule is C=C(C)C(=O)N(CCCN(C)C)N(CCCN(C)C)C(=O)C(=C)C. The number of carbonyl (C=O) groups is 2. The largest absolute Gasteiger partial charge is 0.309 e. The van der Waals surface area contributed by atoms with Gasteiger partial charge in [-0.1, -0.05) is 13.2 Å². The molecular weight excluding hydrogens is 304 g/mol. The molecule has 0 saturated carbocycles. The highest BCUT2D eigenvalue weighted by Crippen LogP contribution is 2.11. The van der Waals surface area contributed by atoms with Crippen molar-refractivity contribution >= 4 is 11.8 Å². The van der Waals surface area contributed by atoms with Gasteiger partial charge in [-0.05, 0) is 68.0 Å². The normalized spacial score (nSPS) is 10.8. The van der Waals surface area contributed by atoms with Crippen molar-refractivity contribution in [3.63, 3.8) is 0 Å². The average molecular weight is 338 g/mol. The van der Waals surface area contributed by atoms with Crippen LogP contribution in [0.1, 0.15) is 26.7 Å². The topological polar surface area (TPSA) is 47.1 Å². The summed E-state index contributed by atoms with van der Waals surface area (Å²) in [4.78, 5) is 29.2. The first kappa shape index (κ1) is 22.3. The predicted octanol–water partition coefficient (Wildman–Crippen LogP) is 1.61. The molecule has 0 N–H and O–H groups in total. The summed E-state index contributed by atoms with van der Waals surface area (Å²) in [5.74, 6) is -0.429. The van der Waals surface area contributed by atoms with Crippen LogP contribution in [0.2, 0.25) is 0 Å². The molecule has 0 unspecified atom stereocenters. The monoisotopic (exact) mass is 338 g/mol. The maximum Gasteiger partial charge on any atom is 0.267 e. The highest BCUT2D eigenvalue weighted by molar-refractivity contribution is 5.97. The number of hydrazine groups is 1. The molecule has 0 fully saturated rings. The Balaban J connectivity index is 5.27. The van der Waals surface area contributed by atoms with Crippen molar-refractivity contribution in [3.8, 4) is 0 Å². The van der Waals surface area contributed by atoms with Crippen LogP contribution in [0.25, 0.3) is 0 Å². The molecule has 0 atom stereocenters. The minimum atomic E-state index is -0.215. The average Bonchev–Trinajstić information content (AvgIpc) is 2.46. The van der Waals surface area contributed by atoms with E-state index in [4.69, 9.17) is 0 Å². The van der Waals surface area contributed by atoms with Crippen molar-refractivity contribution in [2.75, 3.05) is 54.4 Å². The molecule has 24 heavy (non-hydrogen) atoms. The van der Waals surface area contributed by atoms with Gasteiger partial charge in [0.15, 0.2) is 0 Å². The summed E-state index contributed by atoms with van der Waals surface area (Å²) in [5, 5.41) is 3.05. The van der Waals surface area contributed by atoms with Gasteiger partial charge in [-0.3, -0.25) is 9.59 Å². The Morgan fingerprint density at radius 3 is 1.17 bits per heavy atom. The lowest BCUT2D eigenvalue weighted by atomic mass is 10.2. The fourth-order valence-electron chi connectivity index (χ4n) is 2.18. The van der Waals surface area contributed by atoms with E-state index in [2.05, 4.69) is 23.0 Å². The van der Waals surface area contributed by atoms with Crippen LogP contribution >= 0.6 is 0 Å². The second-order valence-electron chi connectivity index (χ2n) is 6.73. The fourth-order valence-corrected chi connectivity index (χ4v) is 2.18. The molecule has 6 nitrogen and oxygen atoms in total. The zero-order chi connectivity index (χ0) is 18.9. The van der Waals surface area contributed by atoms with Gasteiger partial charge in [-0.2, -0.15) is 0 Å². The minimum Gasteiger partial charge on any atom is -0.309 e. The summed E-state index contributed by atoms with van der Waals surface area (Å²) in [5.41, 5.74) is 0.846. The molecule has 0 aliphatic carbocycles. The van der Waals surface area contributed by atoms with Gasteiger partial charge < -0.3 is 9.80 Å². The van der Waals surface area contributed by atoms with E-state index in [0.717, 1.165) is 25.9 Å². The number of hydrogen-bond donors (Lipinski definition) is 0. The number of rotatable bonds is 10. The highest BCUT2D eigenvalue weighted by Gasteiger charge is 2.26. The Morgan fingerprint density at radius 1 is 0.667 bits per heavy atom. The van der Waals surface area contributed by atoms with Gasteiger partial charge in [0.1, 0.15) is 0 Å². The Kier molecular flexibility index (Phi) is 10.2. The molecule has 0 aromatic rings. The third-order valence-electron chi connectivity index (χ3n) is 3.44. The maximum absolute atomic E-state index is 12.6. The van der Waals surface area contributed by atoms with E-state index in [-0.39, 0.29) is 11.8 Å². The molecule has 0 saturated heterocycles. The summed E-state index contributed by atoms with van der Waals surface area (Å²) >= 11 is 0. The molecule has 6 heteroatoms. The molecule has 138 valence electrons. The third-order valence-corrected chi connectivity index (χ3v) is 3.44. The molecule has 0 rings (SSSR count). The van der Waals surface area contributed by atoms with Gasteiger partial charge in [-0.15, -0.1) is 0 Å². The standard InChI is InChI=1S/C18H34N4O2/c1-15(2)17(23)21(13-9-11-19(5)6)22(18(24)16(3)4)14-10-12-20(7)8/h1,3,9-14H2,2,4-8H3. The molecule has 0 radical (unpaired) electrons. The third kappa shape index (κ3) is 8.26. The van der Waals surface area contributed by atoms with E-state index < -0.39 is 0 Å². The fraction of sp³-hybridized carbons (Fsp3) is 0.667. The van der Waals surface area contributed by atoms with E-state index in [1.54, 1.807) is 13.8 Å². The summed E-state index contributed by atoms with van der Waals surface area (Å²) in [7, 11) is 7.94. The van der Waals surface area contributed by atoms with Crippen LogP contribution in [0.15, 0.2) is 24.3 Å². The van der Waals surface area contributed by atoms with Crippen LogP contribution in [0.3, 0.4) is 0 Å². The molecule has 0 heterocycles. The Hall–Kier alpha value is -1.66. The van der Waals surface area contributed by atoms with E-state index in [9.17, 15) is 9.59 Å². The van der Waals surface area contributed by atoms with Crippen molar-refractivity contribution in [1.82, 2.24) is 19.8 Å². The lowest BCUT2D eigenvalue weighted by molar-refractivity contribution is -0.159. The van der Waals surface area contributed by atoms with Crippen LogP contribution in [0, 0.1) is 0 Å². The lowest BCUT2D eigenvalue weighted by Gasteiger charge is -2.36. The summed E-state index contributed by atoms with van der Waals surface area (Å²) in [6, 6.07) is 0. The smallest absolute Gasteiger partial charge is 0.267 e. The van der Waals surface area contributed by atoms with Gasteiger partial charge in [-0.25, -0.2) is 10.0 Å². The summed E-state index contributed by atoms with van der Waals surface area (Å²) in [6.07, 6.45) is 1.55. The number of amides is 2. The van der Waals surface area contributed by atoms with Crippen molar-refractivity contribution < 1.29 is 9.59 Å². The zero-order valence-corrected chi connectivity index (χ0v) is 16.3. The van der Waals surface area contributed by atoms with Crippen LogP contribution in [0.4, 0.5) is 0 Å². The van der Waals surface area contributed by atoms with Crippen molar-refractivity contribution in [2.45, 2.75) is 26.7 Å². The molecule has 0 aliphatic rings. The molecule has 0 aromatic heterocycles. The van der Waals surface area contributed by atoms with Crippen molar-refractivity contribution in [2.24, 2.45) is 0 Å². The van der Waals surface area contributed by atoms with Gasteiger partial charge in [0.25, 0.3) is 11.8 Å². The second kappa shape index (κ2) is 11.0. The van der Waals surface area contributed by atoms with Crippen LogP contribution in [-0.4, -0.2) is 86.0 Å². The number of carbonyl (C=O) groups excluding carboxylic acids is 2. The molecule has 0 spiro atoms. The van der Waals surface area contributed by atoms with Crippen molar-refractivity contribution in [3.05, 3.63) is 24.3 Å². The first-order valence-electron chi connectivity index (χ1n) is 8.32. The summed E-state index contributed by atoms with van der Waals surface area (Å²) in [6.45, 7) is 13.5. The number of hydrogen-bond acceptors (Lipinski definition) is 4. The van der Waals surface area contributed by atoms with Crippen LogP contribution in [-0.2, 0) is 9.59 Å². The van der Waals surface area contributed by atoms with E-state index >= 15 is 0 Å². The quantitative estimate of drug-likeness (QED) is 0.448. The van der Waals surface area contributed by atoms with E-state index in [1.807, 2.05) is 28.2 Å². The molecule has 0 aromatic carbocycles. The van der Waals surface area contributed by atoms with Gasteiger partial charge in [0.05, 0.1) is 0 Å². The van der Waals surface area contributed by atoms with Gasteiger partial charge >= 0.3 is 0 Å². The van der Waals surface area contributed by atoms with Crippen molar-refractivity contribution in [1.29, 1.82) is 0 Å². The minimum absolute atomic E-state index is 0.215. The highest BCUT2D eigenvalue weighted by atomic mass is 16.2. The molecule has 0 aliphatic heterocycles. The predicted molar refractivity (Wildman–Crippen MR) is 99.4 cm³/mol. The van der Waals surface area contributed by atoms with Gasteiger partial charge in [0.2, 0.25) is 0 Å². The van der Waals surface area contributed by atoms with E-state index in [0.29, 0.717) is 24.2 Å².